The van der Waals surface area contributed by atoms with Gasteiger partial charge in [-0.2, -0.15) is 4.31 Å². The van der Waals surface area contributed by atoms with Gasteiger partial charge in [0, 0.05) is 24.9 Å². The molecule has 1 saturated heterocycles. The molecule has 3 aromatic rings. The number of fused-ring (bicyclic) bond motifs is 1. The van der Waals surface area contributed by atoms with E-state index in [-0.39, 0.29) is 9.79 Å². The number of amides is 1. The first-order chi connectivity index (χ1) is 14.6. The smallest absolute Gasteiger partial charge is 0.257 e. The minimum atomic E-state index is -3.55. The summed E-state index contributed by atoms with van der Waals surface area (Å²) in [6.07, 6.45) is 3.88. The molecule has 1 aliphatic heterocycles. The van der Waals surface area contributed by atoms with Crippen molar-refractivity contribution in [3.05, 3.63) is 48.0 Å². The van der Waals surface area contributed by atoms with Gasteiger partial charge in [-0.15, -0.1) is 0 Å². The molecule has 0 aliphatic carbocycles. The van der Waals surface area contributed by atoms with Gasteiger partial charge in [-0.05, 0) is 55.3 Å². The van der Waals surface area contributed by atoms with Gasteiger partial charge in [0.15, 0.2) is 15.0 Å². The standard InChI is InChI=1S/C20H21N3O5S3/c1-30(25,26)16-9-10-17-18(13-16)29-20(21-17)22-19(24)14-5-7-15(8-6-14)31(27,28)23-11-3-2-4-12-23/h5-10,13H,2-4,11-12H2,1H3,(H,21,22,24). The van der Waals surface area contributed by atoms with Gasteiger partial charge >= 0.3 is 0 Å². The van der Waals surface area contributed by atoms with E-state index in [0.29, 0.717) is 34.0 Å². The number of sulfonamides is 1. The summed E-state index contributed by atoms with van der Waals surface area (Å²) in [4.78, 5) is 17.2. The van der Waals surface area contributed by atoms with Crippen LogP contribution in [-0.4, -0.2) is 51.4 Å². The number of thiazole rings is 1. The fourth-order valence-electron chi connectivity index (χ4n) is 3.39. The molecule has 1 fully saturated rings. The van der Waals surface area contributed by atoms with Crippen molar-refractivity contribution in [1.82, 2.24) is 9.29 Å². The van der Waals surface area contributed by atoms with Gasteiger partial charge in [-0.3, -0.25) is 10.1 Å². The van der Waals surface area contributed by atoms with Gasteiger partial charge in [0.2, 0.25) is 10.0 Å². The normalized spacial score (nSPS) is 15.8. The number of nitrogens with one attached hydrogen (secondary N) is 1. The lowest BCUT2D eigenvalue weighted by atomic mass is 10.2. The highest BCUT2D eigenvalue weighted by atomic mass is 32.2. The van der Waals surface area contributed by atoms with Crippen LogP contribution in [0.5, 0.6) is 0 Å². The average Bonchev–Trinajstić information content (AvgIpc) is 3.15. The molecular formula is C20H21N3O5S3. The first-order valence-corrected chi connectivity index (χ1v) is 13.8. The Kier molecular flexibility index (Phi) is 5.86. The van der Waals surface area contributed by atoms with Crippen LogP contribution in [0.4, 0.5) is 5.13 Å². The van der Waals surface area contributed by atoms with Gasteiger partial charge in [0.05, 0.1) is 20.0 Å². The van der Waals surface area contributed by atoms with Crippen LogP contribution < -0.4 is 5.32 Å². The van der Waals surface area contributed by atoms with E-state index >= 15 is 0 Å². The van der Waals surface area contributed by atoms with Crippen molar-refractivity contribution in [3.63, 3.8) is 0 Å². The van der Waals surface area contributed by atoms with E-state index in [1.54, 1.807) is 6.07 Å². The number of piperidine rings is 1. The number of carbonyl (C=O) groups is 1. The van der Waals surface area contributed by atoms with Crippen molar-refractivity contribution in [3.8, 4) is 0 Å². The number of anilines is 1. The molecule has 0 bridgehead atoms. The summed E-state index contributed by atoms with van der Waals surface area (Å²) in [5, 5.41) is 3.02. The Labute approximate surface area is 184 Å². The lowest BCUT2D eigenvalue weighted by molar-refractivity contribution is 0.102. The van der Waals surface area contributed by atoms with E-state index in [0.717, 1.165) is 25.5 Å². The fraction of sp³-hybridized carbons (Fsp3) is 0.300. The Balaban J connectivity index is 1.51. The van der Waals surface area contributed by atoms with E-state index in [9.17, 15) is 21.6 Å². The highest BCUT2D eigenvalue weighted by Crippen LogP contribution is 2.28. The molecule has 4 rings (SSSR count). The summed E-state index contributed by atoms with van der Waals surface area (Å²) < 4.78 is 51.0. The molecule has 0 spiro atoms. The molecule has 11 heteroatoms. The van der Waals surface area contributed by atoms with Crippen molar-refractivity contribution < 1.29 is 21.6 Å². The van der Waals surface area contributed by atoms with Crippen LogP contribution in [0.25, 0.3) is 10.2 Å². The van der Waals surface area contributed by atoms with Gasteiger partial charge in [0.1, 0.15) is 0 Å². The molecule has 0 atom stereocenters. The molecule has 0 radical (unpaired) electrons. The summed E-state index contributed by atoms with van der Waals surface area (Å²) in [6, 6.07) is 10.4. The maximum absolute atomic E-state index is 12.7. The zero-order valence-corrected chi connectivity index (χ0v) is 19.2. The zero-order valence-electron chi connectivity index (χ0n) is 16.7. The quantitative estimate of drug-likeness (QED) is 0.601. The molecule has 0 unspecified atom stereocenters. The van der Waals surface area contributed by atoms with Crippen LogP contribution in [0.3, 0.4) is 0 Å². The molecule has 164 valence electrons. The van der Waals surface area contributed by atoms with Gasteiger partial charge < -0.3 is 0 Å². The first kappa shape index (κ1) is 21.9. The Morgan fingerprint density at radius 3 is 2.26 bits per heavy atom. The minimum Gasteiger partial charge on any atom is -0.298 e. The summed E-state index contributed by atoms with van der Waals surface area (Å²) in [7, 11) is -6.89. The first-order valence-electron chi connectivity index (χ1n) is 9.67. The average molecular weight is 480 g/mol. The third kappa shape index (κ3) is 4.64. The number of hydrogen-bond donors (Lipinski definition) is 1. The predicted octanol–water partition coefficient (Wildman–Crippen LogP) is 3.13. The summed E-state index contributed by atoms with van der Waals surface area (Å²) >= 11 is 1.17. The second-order valence-corrected chi connectivity index (χ2v) is 12.3. The van der Waals surface area contributed by atoms with Crippen molar-refractivity contribution in [2.24, 2.45) is 0 Å². The van der Waals surface area contributed by atoms with E-state index < -0.39 is 25.8 Å². The van der Waals surface area contributed by atoms with E-state index in [1.165, 1.54) is 52.0 Å². The van der Waals surface area contributed by atoms with Crippen molar-refractivity contribution in [2.75, 3.05) is 24.7 Å². The number of aromatic nitrogens is 1. The zero-order chi connectivity index (χ0) is 22.2. The number of nitrogens with zero attached hydrogens (tertiary/aromatic N) is 2. The Bertz CT molecular complexity index is 1340. The number of hydrogen-bond acceptors (Lipinski definition) is 7. The monoisotopic (exact) mass is 479 g/mol. The van der Waals surface area contributed by atoms with Crippen LogP contribution in [0.15, 0.2) is 52.3 Å². The molecule has 1 N–H and O–H groups in total. The van der Waals surface area contributed by atoms with E-state index in [1.807, 2.05) is 0 Å². The van der Waals surface area contributed by atoms with Crippen LogP contribution in [0.2, 0.25) is 0 Å². The maximum atomic E-state index is 12.7. The Morgan fingerprint density at radius 1 is 0.968 bits per heavy atom. The third-order valence-electron chi connectivity index (χ3n) is 5.08. The van der Waals surface area contributed by atoms with Crippen molar-refractivity contribution >= 4 is 52.5 Å². The van der Waals surface area contributed by atoms with Gasteiger partial charge in [-0.25, -0.2) is 21.8 Å². The Hall–Kier alpha value is -2.34. The van der Waals surface area contributed by atoms with Crippen molar-refractivity contribution in [1.29, 1.82) is 0 Å². The predicted molar refractivity (Wildman–Crippen MR) is 120 cm³/mol. The number of benzene rings is 2. The second kappa shape index (κ2) is 8.30. The molecule has 31 heavy (non-hydrogen) atoms. The highest BCUT2D eigenvalue weighted by molar-refractivity contribution is 7.90. The Morgan fingerprint density at radius 2 is 1.61 bits per heavy atom. The molecule has 1 aromatic heterocycles. The fourth-order valence-corrected chi connectivity index (χ4v) is 6.53. The highest BCUT2D eigenvalue weighted by Gasteiger charge is 2.26. The minimum absolute atomic E-state index is 0.166. The van der Waals surface area contributed by atoms with Crippen LogP contribution in [0.1, 0.15) is 29.6 Å². The third-order valence-corrected chi connectivity index (χ3v) is 9.03. The molecule has 8 nitrogen and oxygen atoms in total. The summed E-state index contributed by atoms with van der Waals surface area (Å²) in [6.45, 7) is 1.03. The van der Waals surface area contributed by atoms with Crippen molar-refractivity contribution in [2.45, 2.75) is 29.1 Å². The van der Waals surface area contributed by atoms with Crippen LogP contribution in [-0.2, 0) is 19.9 Å². The van der Waals surface area contributed by atoms with Crippen LogP contribution in [0, 0.1) is 0 Å². The largest absolute Gasteiger partial charge is 0.298 e. The topological polar surface area (TPSA) is 114 Å². The molecule has 2 heterocycles. The molecular weight excluding hydrogens is 458 g/mol. The van der Waals surface area contributed by atoms with Crippen LogP contribution >= 0.6 is 11.3 Å². The van der Waals surface area contributed by atoms with Gasteiger partial charge in [0.25, 0.3) is 5.91 Å². The summed E-state index contributed by atoms with van der Waals surface area (Å²) in [5.74, 6) is -0.427. The number of sulfone groups is 1. The molecule has 2 aromatic carbocycles. The van der Waals surface area contributed by atoms with E-state index in [4.69, 9.17) is 0 Å². The van der Waals surface area contributed by atoms with Gasteiger partial charge in [-0.1, -0.05) is 17.8 Å². The number of carbonyl (C=O) groups excluding carboxylic acids is 1. The van der Waals surface area contributed by atoms with E-state index in [2.05, 4.69) is 10.3 Å². The molecule has 1 amide bonds. The maximum Gasteiger partial charge on any atom is 0.257 e. The SMILES string of the molecule is CS(=O)(=O)c1ccc2nc(NC(=O)c3ccc(S(=O)(=O)N4CCCCC4)cc3)sc2c1. The lowest BCUT2D eigenvalue weighted by Crippen LogP contribution is -2.35. The second-order valence-electron chi connectivity index (χ2n) is 7.36. The molecule has 0 saturated carbocycles. The summed E-state index contributed by atoms with van der Waals surface area (Å²) in [5.41, 5.74) is 0.879. The number of rotatable bonds is 5. The lowest BCUT2D eigenvalue weighted by Gasteiger charge is -2.25. The molecule has 1 aliphatic rings.